The second-order valence-corrected chi connectivity index (χ2v) is 4.28. The largest absolute Gasteiger partial charge is 0.462 e. The number of hydrogen-bond donors (Lipinski definition) is 2. The highest BCUT2D eigenvalue weighted by Gasteiger charge is 2.05. The molecule has 0 aliphatic rings. The zero-order valence-corrected chi connectivity index (χ0v) is 15.4. The number of nitrogens with one attached hydrogen (secondary N) is 2. The maximum Gasteiger partial charge on any atom is 0.338 e. The first-order valence-corrected chi connectivity index (χ1v) is 7.10. The topological polar surface area (TPSA) is 62.7 Å². The van der Waals surface area contributed by atoms with E-state index >= 15 is 0 Å². The molecule has 0 atom stereocenters. The Morgan fingerprint density at radius 1 is 1.27 bits per heavy atom. The molecule has 2 N–H and O–H groups in total. The van der Waals surface area contributed by atoms with E-state index in [1.165, 1.54) is 0 Å². The van der Waals surface area contributed by atoms with E-state index in [4.69, 9.17) is 4.74 Å². The number of rotatable bonds is 7. The molecule has 1 aromatic rings. The van der Waals surface area contributed by atoms with E-state index in [1.54, 1.807) is 25.1 Å². The summed E-state index contributed by atoms with van der Waals surface area (Å²) < 4.78 is 4.95. The first-order valence-electron chi connectivity index (χ1n) is 7.10. The highest BCUT2D eigenvalue weighted by molar-refractivity contribution is 14.0. The number of carbonyl (C=O) groups is 1. The molecule has 0 spiro atoms. The smallest absolute Gasteiger partial charge is 0.338 e. The lowest BCUT2D eigenvalue weighted by atomic mass is 10.1. The average Bonchev–Trinajstić information content (AvgIpc) is 2.51. The first kappa shape index (κ1) is 20.4. The standard InChI is InChI=1S/C16H23N3O2.HI/c1-4-11-18-16(17-5-2)19-12-13-7-9-14(10-8-13)15(20)21-6-3;/h4,7-10H,1,5-6,11-12H2,2-3H3,(H2,17,18,19);1H. The molecule has 0 heterocycles. The predicted octanol–water partition coefficient (Wildman–Crippen LogP) is 2.72. The summed E-state index contributed by atoms with van der Waals surface area (Å²) in [7, 11) is 0. The number of ether oxygens (including phenoxy) is 1. The van der Waals surface area contributed by atoms with Gasteiger partial charge in [-0.1, -0.05) is 18.2 Å². The Labute approximate surface area is 149 Å². The summed E-state index contributed by atoms with van der Waals surface area (Å²) in [6.45, 7) is 9.84. The summed E-state index contributed by atoms with van der Waals surface area (Å²) in [6, 6.07) is 7.28. The van der Waals surface area contributed by atoms with E-state index in [-0.39, 0.29) is 29.9 Å². The van der Waals surface area contributed by atoms with Crippen LogP contribution in [0.15, 0.2) is 41.9 Å². The van der Waals surface area contributed by atoms with Gasteiger partial charge in [0.1, 0.15) is 0 Å². The number of nitrogens with zero attached hydrogens (tertiary/aromatic N) is 1. The Morgan fingerprint density at radius 3 is 2.50 bits per heavy atom. The molecule has 0 fully saturated rings. The van der Waals surface area contributed by atoms with E-state index < -0.39 is 0 Å². The van der Waals surface area contributed by atoms with Gasteiger partial charge in [0, 0.05) is 13.1 Å². The van der Waals surface area contributed by atoms with E-state index in [9.17, 15) is 4.79 Å². The molecule has 0 saturated carbocycles. The highest BCUT2D eigenvalue weighted by Crippen LogP contribution is 2.07. The molecule has 0 radical (unpaired) electrons. The van der Waals surface area contributed by atoms with Crippen LogP contribution in [0, 0.1) is 0 Å². The lowest BCUT2D eigenvalue weighted by Crippen LogP contribution is -2.37. The normalized spacial score (nSPS) is 10.4. The van der Waals surface area contributed by atoms with Gasteiger partial charge in [-0.2, -0.15) is 0 Å². The van der Waals surface area contributed by atoms with Gasteiger partial charge in [0.15, 0.2) is 5.96 Å². The van der Waals surface area contributed by atoms with Crippen molar-refractivity contribution in [1.29, 1.82) is 0 Å². The van der Waals surface area contributed by atoms with Crippen LogP contribution in [0.1, 0.15) is 29.8 Å². The van der Waals surface area contributed by atoms with Crippen molar-refractivity contribution in [2.45, 2.75) is 20.4 Å². The molecule has 0 aliphatic heterocycles. The molecule has 122 valence electrons. The van der Waals surface area contributed by atoms with Crippen molar-refractivity contribution in [3.63, 3.8) is 0 Å². The Balaban J connectivity index is 0.00000441. The van der Waals surface area contributed by atoms with Crippen molar-refractivity contribution in [3.8, 4) is 0 Å². The van der Waals surface area contributed by atoms with E-state index in [1.807, 2.05) is 19.1 Å². The predicted molar refractivity (Wildman–Crippen MR) is 101 cm³/mol. The number of guanidine groups is 1. The van der Waals surface area contributed by atoms with Gasteiger partial charge < -0.3 is 15.4 Å². The van der Waals surface area contributed by atoms with Crippen molar-refractivity contribution >= 4 is 35.9 Å². The minimum atomic E-state index is -0.298. The average molecular weight is 417 g/mol. The maximum atomic E-state index is 11.5. The zero-order valence-electron chi connectivity index (χ0n) is 13.1. The van der Waals surface area contributed by atoms with Crippen LogP contribution in [0.5, 0.6) is 0 Å². The fourth-order valence-electron chi connectivity index (χ4n) is 1.64. The SMILES string of the molecule is C=CCNC(=NCc1ccc(C(=O)OCC)cc1)NCC.I. The molecule has 0 bridgehead atoms. The summed E-state index contributed by atoms with van der Waals surface area (Å²) in [6.07, 6.45) is 1.78. The number of halogens is 1. The van der Waals surface area contributed by atoms with Gasteiger partial charge in [-0.25, -0.2) is 9.79 Å². The molecule has 0 amide bonds. The third-order valence-corrected chi connectivity index (χ3v) is 2.64. The van der Waals surface area contributed by atoms with Crippen LogP contribution >= 0.6 is 24.0 Å². The van der Waals surface area contributed by atoms with Crippen LogP contribution in [-0.2, 0) is 11.3 Å². The van der Waals surface area contributed by atoms with Crippen molar-refractivity contribution in [3.05, 3.63) is 48.0 Å². The monoisotopic (exact) mass is 417 g/mol. The van der Waals surface area contributed by atoms with Crippen LogP contribution in [-0.4, -0.2) is 31.6 Å². The lowest BCUT2D eigenvalue weighted by molar-refractivity contribution is 0.0526. The van der Waals surface area contributed by atoms with Gasteiger partial charge in [-0.15, -0.1) is 30.6 Å². The highest BCUT2D eigenvalue weighted by atomic mass is 127. The molecule has 0 aliphatic carbocycles. The van der Waals surface area contributed by atoms with E-state index in [2.05, 4.69) is 22.2 Å². The molecule has 6 heteroatoms. The fourth-order valence-corrected chi connectivity index (χ4v) is 1.64. The van der Waals surface area contributed by atoms with Gasteiger partial charge in [0.05, 0.1) is 18.7 Å². The number of hydrogen-bond acceptors (Lipinski definition) is 3. The summed E-state index contributed by atoms with van der Waals surface area (Å²) >= 11 is 0. The molecular weight excluding hydrogens is 393 g/mol. The Bertz CT molecular complexity index is 487. The Kier molecular flexibility index (Phi) is 11.2. The zero-order chi connectivity index (χ0) is 15.5. The van der Waals surface area contributed by atoms with Crippen molar-refractivity contribution < 1.29 is 9.53 Å². The van der Waals surface area contributed by atoms with Gasteiger partial charge in [-0.05, 0) is 31.5 Å². The van der Waals surface area contributed by atoms with Crippen molar-refractivity contribution in [2.24, 2.45) is 4.99 Å². The fraction of sp³-hybridized carbons (Fsp3) is 0.375. The molecule has 5 nitrogen and oxygen atoms in total. The van der Waals surface area contributed by atoms with Crippen LogP contribution < -0.4 is 10.6 Å². The van der Waals surface area contributed by atoms with Crippen LogP contribution in [0.3, 0.4) is 0 Å². The summed E-state index contributed by atoms with van der Waals surface area (Å²) in [4.78, 5) is 16.0. The number of aliphatic imine (C=N–C) groups is 1. The van der Waals surface area contributed by atoms with E-state index in [0.29, 0.717) is 25.3 Å². The van der Waals surface area contributed by atoms with Crippen molar-refractivity contribution in [2.75, 3.05) is 19.7 Å². The third kappa shape index (κ3) is 7.44. The van der Waals surface area contributed by atoms with Crippen LogP contribution in [0.2, 0.25) is 0 Å². The molecule has 1 rings (SSSR count). The van der Waals surface area contributed by atoms with Crippen molar-refractivity contribution in [1.82, 2.24) is 10.6 Å². The summed E-state index contributed by atoms with van der Waals surface area (Å²) in [5.74, 6) is 0.445. The second-order valence-electron chi connectivity index (χ2n) is 4.28. The second kappa shape index (κ2) is 12.0. The Hall–Kier alpha value is -1.57. The maximum absolute atomic E-state index is 11.5. The van der Waals surface area contributed by atoms with Crippen LogP contribution in [0.4, 0.5) is 0 Å². The quantitative estimate of drug-likeness (QED) is 0.236. The number of benzene rings is 1. The van der Waals surface area contributed by atoms with Gasteiger partial charge in [-0.3, -0.25) is 0 Å². The van der Waals surface area contributed by atoms with Crippen LogP contribution in [0.25, 0.3) is 0 Å². The number of esters is 1. The molecule has 0 aromatic heterocycles. The summed E-state index contributed by atoms with van der Waals surface area (Å²) in [5, 5.41) is 6.28. The van der Waals surface area contributed by atoms with Gasteiger partial charge in [0.25, 0.3) is 0 Å². The molecule has 22 heavy (non-hydrogen) atoms. The summed E-state index contributed by atoms with van der Waals surface area (Å²) in [5.41, 5.74) is 1.58. The third-order valence-electron chi connectivity index (χ3n) is 2.64. The lowest BCUT2D eigenvalue weighted by Gasteiger charge is -2.09. The first-order chi connectivity index (χ1) is 10.2. The van der Waals surface area contributed by atoms with E-state index in [0.717, 1.165) is 18.1 Å². The molecule has 1 aromatic carbocycles. The molecule has 0 saturated heterocycles. The van der Waals surface area contributed by atoms with Gasteiger partial charge >= 0.3 is 5.97 Å². The minimum Gasteiger partial charge on any atom is -0.462 e. The molecular formula is C16H24IN3O2. The minimum absolute atomic E-state index is 0. The number of carbonyl (C=O) groups excluding carboxylic acids is 1. The Morgan fingerprint density at radius 2 is 1.95 bits per heavy atom. The van der Waals surface area contributed by atoms with Gasteiger partial charge in [0.2, 0.25) is 0 Å². The molecule has 0 unspecified atom stereocenters.